The molecule has 1 N–H and O–H groups in total. The largest absolute Gasteiger partial charge is 0.497 e. The fraction of sp³-hybridized carbons (Fsp3) is 0.208. The van der Waals surface area contributed by atoms with E-state index in [2.05, 4.69) is 5.32 Å². The number of carbonyl (C=O) groups excluding carboxylic acids is 1. The molecule has 0 aliphatic carbocycles. The number of hydrogen-bond donors (Lipinski definition) is 1. The number of fused-ring (bicyclic) bond motifs is 3. The number of rotatable bonds is 4. The highest BCUT2D eigenvalue weighted by atomic mass is 35.5. The van der Waals surface area contributed by atoms with E-state index in [4.69, 9.17) is 16.3 Å². The summed E-state index contributed by atoms with van der Waals surface area (Å²) in [6.45, 7) is 1.19. The maximum Gasteiger partial charge on any atom is 0.255 e. The number of nitrogens with zero attached hydrogens (tertiary/aromatic N) is 1. The van der Waals surface area contributed by atoms with Crippen LogP contribution in [0.2, 0.25) is 5.02 Å². The van der Waals surface area contributed by atoms with Crippen molar-refractivity contribution in [2.24, 2.45) is 0 Å². The first-order chi connectivity index (χ1) is 14.6. The summed E-state index contributed by atoms with van der Waals surface area (Å²) in [7, 11) is 1.62. The Balaban J connectivity index is 1.63. The van der Waals surface area contributed by atoms with Gasteiger partial charge < -0.3 is 15.0 Å². The summed E-state index contributed by atoms with van der Waals surface area (Å²) < 4.78 is 19.4. The molecule has 3 aromatic rings. The molecular formula is C24H20ClFN2O2. The molecule has 2 aliphatic rings. The van der Waals surface area contributed by atoms with Crippen LogP contribution in [0.15, 0.2) is 54.6 Å². The number of halogens is 2. The Morgan fingerprint density at radius 2 is 1.93 bits per heavy atom. The normalized spacial score (nSPS) is 17.0. The molecule has 2 aliphatic heterocycles. The maximum absolute atomic E-state index is 14.1. The predicted molar refractivity (Wildman–Crippen MR) is 115 cm³/mol. The van der Waals surface area contributed by atoms with Crippen LogP contribution in [-0.2, 0) is 13.0 Å². The van der Waals surface area contributed by atoms with Crippen LogP contribution in [0.25, 0.3) is 0 Å². The zero-order valence-corrected chi connectivity index (χ0v) is 17.2. The first kappa shape index (κ1) is 18.9. The first-order valence-corrected chi connectivity index (χ1v) is 10.2. The van der Waals surface area contributed by atoms with E-state index < -0.39 is 6.04 Å². The van der Waals surface area contributed by atoms with Crippen LogP contribution in [0.5, 0.6) is 5.75 Å². The van der Waals surface area contributed by atoms with Crippen molar-refractivity contribution in [2.45, 2.75) is 19.0 Å². The lowest BCUT2D eigenvalue weighted by atomic mass is 9.94. The highest BCUT2D eigenvalue weighted by Gasteiger charge is 2.41. The zero-order chi connectivity index (χ0) is 20.8. The van der Waals surface area contributed by atoms with Crippen molar-refractivity contribution < 1.29 is 13.9 Å². The maximum atomic E-state index is 14.1. The molecule has 1 atom stereocenters. The third-order valence-electron chi connectivity index (χ3n) is 5.88. The summed E-state index contributed by atoms with van der Waals surface area (Å²) in [5.74, 6) is 0.331. The van der Waals surface area contributed by atoms with Gasteiger partial charge in [0, 0.05) is 29.4 Å². The van der Waals surface area contributed by atoms with Crippen LogP contribution >= 0.6 is 11.6 Å². The highest BCUT2D eigenvalue weighted by Crippen LogP contribution is 2.45. The molecule has 1 unspecified atom stereocenters. The Morgan fingerprint density at radius 1 is 1.13 bits per heavy atom. The average Bonchev–Trinajstić information content (AvgIpc) is 3.33. The van der Waals surface area contributed by atoms with E-state index in [9.17, 15) is 9.18 Å². The molecule has 6 heteroatoms. The second-order valence-electron chi connectivity index (χ2n) is 7.58. The number of amides is 1. The molecule has 2 heterocycles. The number of methoxy groups -OCH3 is 1. The number of anilines is 1. The van der Waals surface area contributed by atoms with Crippen LogP contribution in [-0.4, -0.2) is 24.5 Å². The molecule has 5 rings (SSSR count). The van der Waals surface area contributed by atoms with Crippen molar-refractivity contribution in [1.82, 2.24) is 4.90 Å². The van der Waals surface area contributed by atoms with E-state index in [-0.39, 0.29) is 11.7 Å². The van der Waals surface area contributed by atoms with Gasteiger partial charge in [-0.05, 0) is 59.5 Å². The summed E-state index contributed by atoms with van der Waals surface area (Å²) >= 11 is 6.48. The van der Waals surface area contributed by atoms with Gasteiger partial charge in [-0.3, -0.25) is 4.79 Å². The molecule has 0 aromatic heterocycles. The SMILES string of the molecule is COc1ccc(CN2C(=O)c3c(ccc4c3CCN4)C2c2cc(F)ccc2Cl)cc1. The minimum atomic E-state index is -0.441. The Labute approximate surface area is 179 Å². The molecule has 30 heavy (non-hydrogen) atoms. The van der Waals surface area contributed by atoms with Gasteiger partial charge in [-0.1, -0.05) is 29.8 Å². The third-order valence-corrected chi connectivity index (χ3v) is 6.23. The lowest BCUT2D eigenvalue weighted by Crippen LogP contribution is -2.28. The van der Waals surface area contributed by atoms with Gasteiger partial charge in [0.05, 0.1) is 18.7 Å². The van der Waals surface area contributed by atoms with Gasteiger partial charge in [-0.2, -0.15) is 0 Å². The minimum Gasteiger partial charge on any atom is -0.497 e. The van der Waals surface area contributed by atoms with Crippen molar-refractivity contribution in [2.75, 3.05) is 19.0 Å². The fourth-order valence-corrected chi connectivity index (χ4v) is 4.69. The predicted octanol–water partition coefficient (Wildman–Crippen LogP) is 5.20. The van der Waals surface area contributed by atoms with Crippen LogP contribution in [0, 0.1) is 5.82 Å². The van der Waals surface area contributed by atoms with E-state index in [1.165, 1.54) is 12.1 Å². The van der Waals surface area contributed by atoms with Crippen molar-refractivity contribution in [3.05, 3.63) is 93.3 Å². The molecule has 0 spiro atoms. The molecule has 0 saturated carbocycles. The average molecular weight is 423 g/mol. The number of carbonyl (C=O) groups is 1. The van der Waals surface area contributed by atoms with E-state index in [0.29, 0.717) is 17.1 Å². The molecule has 0 bridgehead atoms. The monoisotopic (exact) mass is 422 g/mol. The molecule has 3 aromatic carbocycles. The van der Waals surface area contributed by atoms with Crippen molar-refractivity contribution >= 4 is 23.2 Å². The number of benzene rings is 3. The summed E-state index contributed by atoms with van der Waals surface area (Å²) in [5.41, 5.74) is 5.19. The van der Waals surface area contributed by atoms with Gasteiger partial charge in [0.25, 0.3) is 5.91 Å². The molecule has 0 radical (unpaired) electrons. The van der Waals surface area contributed by atoms with E-state index in [1.807, 2.05) is 36.4 Å². The van der Waals surface area contributed by atoms with Crippen molar-refractivity contribution in [1.29, 1.82) is 0 Å². The van der Waals surface area contributed by atoms with Gasteiger partial charge in [0.15, 0.2) is 0 Å². The first-order valence-electron chi connectivity index (χ1n) is 9.85. The number of nitrogens with one attached hydrogen (secondary N) is 1. The number of ether oxygens (including phenoxy) is 1. The topological polar surface area (TPSA) is 41.6 Å². The molecular weight excluding hydrogens is 403 g/mol. The van der Waals surface area contributed by atoms with Crippen LogP contribution < -0.4 is 10.1 Å². The summed E-state index contributed by atoms with van der Waals surface area (Å²) in [5, 5.41) is 3.78. The third kappa shape index (κ3) is 3.01. The van der Waals surface area contributed by atoms with Gasteiger partial charge in [0.1, 0.15) is 11.6 Å². The van der Waals surface area contributed by atoms with E-state index in [0.717, 1.165) is 46.7 Å². The van der Waals surface area contributed by atoms with Crippen molar-refractivity contribution in [3.63, 3.8) is 0 Å². The minimum absolute atomic E-state index is 0.0494. The smallest absolute Gasteiger partial charge is 0.255 e. The molecule has 0 saturated heterocycles. The van der Waals surface area contributed by atoms with Gasteiger partial charge in [-0.15, -0.1) is 0 Å². The Morgan fingerprint density at radius 3 is 2.70 bits per heavy atom. The lowest BCUT2D eigenvalue weighted by Gasteiger charge is -2.27. The van der Waals surface area contributed by atoms with Crippen molar-refractivity contribution in [3.8, 4) is 5.75 Å². The second kappa shape index (κ2) is 7.33. The van der Waals surface area contributed by atoms with Crippen LogP contribution in [0.3, 0.4) is 0 Å². The summed E-state index contributed by atoms with van der Waals surface area (Å²) in [6.07, 6.45) is 0.796. The standard InChI is InChI=1S/C24H20ClFN2O2/c1-30-16-5-2-14(3-6-16)13-28-23(19-12-15(26)4-8-20(19)25)18-7-9-21-17(10-11-27-21)22(18)24(28)29/h2-9,12,23,27H,10-11,13H2,1H3. The quantitative estimate of drug-likeness (QED) is 0.628. The van der Waals surface area contributed by atoms with E-state index >= 15 is 0 Å². The lowest BCUT2D eigenvalue weighted by molar-refractivity contribution is 0.0735. The summed E-state index contributed by atoms with van der Waals surface area (Å²) in [4.78, 5) is 15.4. The fourth-order valence-electron chi connectivity index (χ4n) is 4.47. The molecule has 0 fully saturated rings. The molecule has 1 amide bonds. The van der Waals surface area contributed by atoms with Gasteiger partial charge in [-0.25, -0.2) is 4.39 Å². The van der Waals surface area contributed by atoms with Gasteiger partial charge >= 0.3 is 0 Å². The number of hydrogen-bond acceptors (Lipinski definition) is 3. The Hall–Kier alpha value is -3.05. The molecule has 152 valence electrons. The van der Waals surface area contributed by atoms with Crippen LogP contribution in [0.4, 0.5) is 10.1 Å². The van der Waals surface area contributed by atoms with E-state index in [1.54, 1.807) is 18.1 Å². The second-order valence-corrected chi connectivity index (χ2v) is 7.99. The van der Waals surface area contributed by atoms with Crippen LogP contribution in [0.1, 0.15) is 38.7 Å². The Kier molecular flexibility index (Phi) is 4.63. The summed E-state index contributed by atoms with van der Waals surface area (Å²) in [6, 6.07) is 15.5. The Bertz CT molecular complexity index is 1150. The highest BCUT2D eigenvalue weighted by molar-refractivity contribution is 6.31. The molecule has 4 nitrogen and oxygen atoms in total. The zero-order valence-electron chi connectivity index (χ0n) is 16.4. The van der Waals surface area contributed by atoms with Gasteiger partial charge in [0.2, 0.25) is 0 Å².